The van der Waals surface area contributed by atoms with Crippen LogP contribution in [0.4, 0.5) is 4.79 Å². The number of rotatable bonds is 7. The van der Waals surface area contributed by atoms with E-state index in [9.17, 15) is 4.79 Å². The van der Waals surface area contributed by atoms with Crippen LogP contribution in [0.3, 0.4) is 0 Å². The first-order valence-corrected chi connectivity index (χ1v) is 14.5. The van der Waals surface area contributed by atoms with Gasteiger partial charge in [0.15, 0.2) is 0 Å². The Morgan fingerprint density at radius 2 is 1.51 bits per heavy atom. The number of morpholine rings is 1. The van der Waals surface area contributed by atoms with E-state index in [0.717, 1.165) is 96.4 Å². The van der Waals surface area contributed by atoms with E-state index in [0.29, 0.717) is 6.10 Å². The maximum atomic E-state index is 12.7. The van der Waals surface area contributed by atoms with Gasteiger partial charge >= 0.3 is 6.09 Å². The van der Waals surface area contributed by atoms with Gasteiger partial charge < -0.3 is 23.8 Å². The molecule has 3 saturated heterocycles. The Bertz CT molecular complexity index is 857. The average molecular weight is 515 g/mol. The predicted molar refractivity (Wildman–Crippen MR) is 143 cm³/mol. The molecular weight excluding hydrogens is 468 g/mol. The summed E-state index contributed by atoms with van der Waals surface area (Å²) >= 11 is 0. The Kier molecular flexibility index (Phi) is 8.62. The first-order valence-electron chi connectivity index (χ1n) is 14.5. The minimum atomic E-state index is -0.449. The second kappa shape index (κ2) is 11.9. The number of carbonyl (C=O) groups excluding carboxylic acids is 1. The van der Waals surface area contributed by atoms with E-state index in [4.69, 9.17) is 18.9 Å². The second-order valence-electron chi connectivity index (χ2n) is 12.4. The summed E-state index contributed by atoms with van der Waals surface area (Å²) in [6.07, 6.45) is 9.91. The van der Waals surface area contributed by atoms with Gasteiger partial charge in [-0.15, -0.1) is 0 Å². The number of hydrogen-bond donors (Lipinski definition) is 0. The van der Waals surface area contributed by atoms with Gasteiger partial charge in [-0.05, 0) is 96.3 Å². The van der Waals surface area contributed by atoms with Gasteiger partial charge in [-0.3, -0.25) is 4.90 Å². The molecule has 1 saturated carbocycles. The van der Waals surface area contributed by atoms with Gasteiger partial charge in [0.1, 0.15) is 11.4 Å². The van der Waals surface area contributed by atoms with Crippen molar-refractivity contribution in [3.8, 4) is 5.75 Å². The maximum Gasteiger partial charge on any atom is 0.410 e. The fourth-order valence-electron chi connectivity index (χ4n) is 6.45. The minimum Gasteiger partial charge on any atom is -0.490 e. The average Bonchev–Trinajstić information content (AvgIpc) is 3.15. The quantitative estimate of drug-likeness (QED) is 0.499. The van der Waals surface area contributed by atoms with Crippen LogP contribution in [0.25, 0.3) is 0 Å². The van der Waals surface area contributed by atoms with Crippen LogP contribution in [-0.2, 0) is 20.6 Å². The molecule has 7 heteroatoms. The van der Waals surface area contributed by atoms with E-state index in [1.165, 1.54) is 5.56 Å². The third kappa shape index (κ3) is 7.39. The molecule has 0 aromatic heterocycles. The Morgan fingerprint density at radius 3 is 2.14 bits per heavy atom. The van der Waals surface area contributed by atoms with E-state index >= 15 is 0 Å². The number of piperidine rings is 1. The van der Waals surface area contributed by atoms with Crippen LogP contribution in [0.5, 0.6) is 5.75 Å². The molecule has 0 spiro atoms. The van der Waals surface area contributed by atoms with Gasteiger partial charge in [-0.1, -0.05) is 12.1 Å². The zero-order valence-electron chi connectivity index (χ0n) is 23.0. The fraction of sp³-hybridized carbons (Fsp3) is 0.767. The first-order chi connectivity index (χ1) is 17.8. The lowest BCUT2D eigenvalue weighted by Gasteiger charge is -2.41. The number of fused-ring (bicyclic) bond motifs is 2. The van der Waals surface area contributed by atoms with E-state index in [-0.39, 0.29) is 30.4 Å². The molecule has 3 aliphatic heterocycles. The Labute approximate surface area is 222 Å². The Balaban J connectivity index is 1.02. The number of benzene rings is 1. The molecular formula is C30H46N2O5. The van der Waals surface area contributed by atoms with Gasteiger partial charge in [0, 0.05) is 31.7 Å². The smallest absolute Gasteiger partial charge is 0.410 e. The van der Waals surface area contributed by atoms with Crippen molar-refractivity contribution >= 4 is 6.09 Å². The van der Waals surface area contributed by atoms with Crippen LogP contribution in [0.2, 0.25) is 0 Å². The van der Waals surface area contributed by atoms with Crippen LogP contribution in [-0.4, -0.2) is 84.7 Å². The maximum absolute atomic E-state index is 12.7. The van der Waals surface area contributed by atoms with E-state index in [1.807, 2.05) is 25.7 Å². The highest BCUT2D eigenvalue weighted by atomic mass is 16.6. The minimum absolute atomic E-state index is 0.152. The summed E-state index contributed by atoms with van der Waals surface area (Å²) in [6.45, 7) is 10.7. The highest BCUT2D eigenvalue weighted by Gasteiger charge is 2.45. The summed E-state index contributed by atoms with van der Waals surface area (Å²) in [5.41, 5.74) is 0.915. The second-order valence-corrected chi connectivity index (χ2v) is 12.4. The lowest BCUT2D eigenvalue weighted by Crippen LogP contribution is -2.50. The van der Waals surface area contributed by atoms with E-state index < -0.39 is 5.60 Å². The fourth-order valence-corrected chi connectivity index (χ4v) is 6.45. The van der Waals surface area contributed by atoms with Crippen LogP contribution >= 0.6 is 0 Å². The third-order valence-corrected chi connectivity index (χ3v) is 8.35. The normalized spacial score (nSPS) is 30.8. The van der Waals surface area contributed by atoms with E-state index in [2.05, 4.69) is 29.2 Å². The SMILES string of the molecule is CC(C)(C)OC(=O)N1C2CCC1CC(OC1CCC(Oc3ccc(CCN4CCOCC4)cc3)CC1)C2. The van der Waals surface area contributed by atoms with Crippen LogP contribution in [0.15, 0.2) is 24.3 Å². The van der Waals surface area contributed by atoms with Crippen molar-refractivity contribution in [2.45, 2.75) is 115 Å². The van der Waals surface area contributed by atoms with Crippen molar-refractivity contribution in [2.24, 2.45) is 0 Å². The van der Waals surface area contributed by atoms with E-state index in [1.54, 1.807) is 0 Å². The number of carbonyl (C=O) groups is 1. The topological polar surface area (TPSA) is 60.5 Å². The summed E-state index contributed by atoms with van der Waals surface area (Å²) in [6, 6.07) is 9.20. The molecule has 37 heavy (non-hydrogen) atoms. The first kappa shape index (κ1) is 26.8. The lowest BCUT2D eigenvalue weighted by molar-refractivity contribution is -0.0812. The molecule has 2 atom stereocenters. The van der Waals surface area contributed by atoms with Gasteiger partial charge in [0.2, 0.25) is 0 Å². The molecule has 5 rings (SSSR count). The van der Waals surface area contributed by atoms with Crippen molar-refractivity contribution in [3.05, 3.63) is 29.8 Å². The monoisotopic (exact) mass is 514 g/mol. The largest absolute Gasteiger partial charge is 0.490 e. The summed E-state index contributed by atoms with van der Waals surface area (Å²) in [5.74, 6) is 0.977. The molecule has 1 aromatic rings. The predicted octanol–water partition coefficient (Wildman–Crippen LogP) is 5.20. The third-order valence-electron chi connectivity index (χ3n) is 8.35. The molecule has 1 amide bonds. The Morgan fingerprint density at radius 1 is 0.892 bits per heavy atom. The number of amides is 1. The molecule has 4 aliphatic rings. The zero-order chi connectivity index (χ0) is 25.8. The van der Waals surface area contributed by atoms with Crippen molar-refractivity contribution < 1.29 is 23.7 Å². The van der Waals surface area contributed by atoms with Crippen molar-refractivity contribution in [3.63, 3.8) is 0 Å². The van der Waals surface area contributed by atoms with Crippen molar-refractivity contribution in [2.75, 3.05) is 32.8 Å². The molecule has 206 valence electrons. The molecule has 0 radical (unpaired) electrons. The highest BCUT2D eigenvalue weighted by Crippen LogP contribution is 2.39. The van der Waals surface area contributed by atoms with Gasteiger partial charge in [-0.2, -0.15) is 0 Å². The standard InChI is InChI=1S/C30H46N2O5/c1-30(2,3)37-29(33)32-23-6-7-24(32)21-28(20-23)36-27-12-10-26(11-13-27)35-25-8-4-22(5-9-25)14-15-31-16-18-34-19-17-31/h4-5,8-9,23-24,26-28H,6-7,10-21H2,1-3H3. The lowest BCUT2D eigenvalue weighted by atomic mass is 9.93. The van der Waals surface area contributed by atoms with Crippen LogP contribution in [0.1, 0.15) is 77.7 Å². The number of ether oxygens (including phenoxy) is 4. The van der Waals surface area contributed by atoms with Gasteiger partial charge in [0.05, 0.1) is 31.5 Å². The summed E-state index contributed by atoms with van der Waals surface area (Å²) < 4.78 is 24.0. The zero-order valence-corrected chi connectivity index (χ0v) is 23.0. The molecule has 3 heterocycles. The summed E-state index contributed by atoms with van der Waals surface area (Å²) in [5, 5.41) is 0. The molecule has 1 aromatic carbocycles. The van der Waals surface area contributed by atoms with Gasteiger partial charge in [-0.25, -0.2) is 4.79 Å². The van der Waals surface area contributed by atoms with Crippen LogP contribution in [0, 0.1) is 0 Å². The van der Waals surface area contributed by atoms with Crippen molar-refractivity contribution in [1.82, 2.24) is 9.80 Å². The molecule has 2 bridgehead atoms. The molecule has 4 fully saturated rings. The van der Waals surface area contributed by atoms with Gasteiger partial charge in [0.25, 0.3) is 0 Å². The summed E-state index contributed by atoms with van der Waals surface area (Å²) in [7, 11) is 0. The highest BCUT2D eigenvalue weighted by molar-refractivity contribution is 5.69. The molecule has 1 aliphatic carbocycles. The number of hydrogen-bond acceptors (Lipinski definition) is 6. The molecule has 0 N–H and O–H groups in total. The Hall–Kier alpha value is -1.83. The van der Waals surface area contributed by atoms with Crippen molar-refractivity contribution in [1.29, 1.82) is 0 Å². The summed E-state index contributed by atoms with van der Waals surface area (Å²) in [4.78, 5) is 17.2. The number of nitrogens with zero attached hydrogens (tertiary/aromatic N) is 2. The molecule has 7 nitrogen and oxygen atoms in total. The van der Waals surface area contributed by atoms with Crippen LogP contribution < -0.4 is 4.74 Å². The molecule has 2 unspecified atom stereocenters.